The second-order valence-electron chi connectivity index (χ2n) is 7.50. The van der Waals surface area contributed by atoms with Crippen LogP contribution in [0.2, 0.25) is 0 Å². The van der Waals surface area contributed by atoms with E-state index in [0.29, 0.717) is 38.2 Å². The van der Waals surface area contributed by atoms with Crippen LogP contribution in [0.3, 0.4) is 0 Å². The Labute approximate surface area is 202 Å². The maximum atomic E-state index is 13.0. The van der Waals surface area contributed by atoms with E-state index in [0.717, 1.165) is 17.7 Å². The molecule has 2 aromatic heterocycles. The van der Waals surface area contributed by atoms with Crippen LogP contribution in [0, 0.1) is 6.92 Å². The van der Waals surface area contributed by atoms with Crippen molar-refractivity contribution in [3.63, 3.8) is 0 Å². The van der Waals surface area contributed by atoms with Gasteiger partial charge in [0.1, 0.15) is 23.1 Å². The average molecular weight is 500 g/mol. The van der Waals surface area contributed by atoms with Crippen LogP contribution < -0.4 is 9.47 Å². The zero-order valence-electron chi connectivity index (χ0n) is 18.4. The quantitative estimate of drug-likeness (QED) is 0.308. The van der Waals surface area contributed by atoms with Gasteiger partial charge in [-0.05, 0) is 60.5 Å². The van der Waals surface area contributed by atoms with Crippen molar-refractivity contribution < 1.29 is 32.5 Å². The summed E-state index contributed by atoms with van der Waals surface area (Å²) in [5, 5.41) is 9.39. The van der Waals surface area contributed by atoms with Gasteiger partial charge in [-0.2, -0.15) is 13.2 Å². The number of carbonyl (C=O) groups is 1. The Morgan fingerprint density at radius 1 is 1.06 bits per heavy atom. The molecule has 0 aliphatic heterocycles. The van der Waals surface area contributed by atoms with Gasteiger partial charge in [-0.3, -0.25) is 4.98 Å². The van der Waals surface area contributed by atoms with E-state index in [1.54, 1.807) is 43.6 Å². The summed E-state index contributed by atoms with van der Waals surface area (Å²) in [6.45, 7) is 1.47. The maximum absolute atomic E-state index is 13.0. The molecule has 0 aliphatic rings. The Bertz CT molecular complexity index is 1320. The number of ether oxygens (including phenoxy) is 2. The van der Waals surface area contributed by atoms with Crippen molar-refractivity contribution in [1.82, 2.24) is 9.97 Å². The predicted molar refractivity (Wildman–Crippen MR) is 124 cm³/mol. The molecule has 35 heavy (non-hydrogen) atoms. The molecule has 10 heteroatoms. The lowest BCUT2D eigenvalue weighted by Gasteiger charge is -2.09. The summed E-state index contributed by atoms with van der Waals surface area (Å²) in [4.78, 5) is 20.2. The zero-order valence-corrected chi connectivity index (χ0v) is 19.2. The van der Waals surface area contributed by atoms with Crippen molar-refractivity contribution in [2.24, 2.45) is 0 Å². The van der Waals surface area contributed by atoms with Crippen LogP contribution in [0.15, 0.2) is 67.0 Å². The average Bonchev–Trinajstić information content (AvgIpc) is 3.26. The van der Waals surface area contributed by atoms with Gasteiger partial charge in [-0.25, -0.2) is 9.78 Å². The lowest BCUT2D eigenvalue weighted by molar-refractivity contribution is -0.139. The molecular weight excluding hydrogens is 481 g/mol. The first kappa shape index (κ1) is 24.2. The molecule has 0 radical (unpaired) electrons. The lowest BCUT2D eigenvalue weighted by atomic mass is 10.1. The second-order valence-corrected chi connectivity index (χ2v) is 8.58. The van der Waals surface area contributed by atoms with Crippen LogP contribution in [-0.2, 0) is 17.6 Å². The van der Waals surface area contributed by atoms with Gasteiger partial charge in [-0.15, -0.1) is 11.3 Å². The monoisotopic (exact) mass is 500 g/mol. The number of nitrogens with zero attached hydrogens (tertiary/aromatic N) is 2. The highest BCUT2D eigenvalue weighted by Crippen LogP contribution is 2.38. The Hall–Kier alpha value is -3.92. The first-order chi connectivity index (χ1) is 16.7. The van der Waals surface area contributed by atoms with Crippen LogP contribution in [0.5, 0.6) is 11.5 Å². The highest BCUT2D eigenvalue weighted by molar-refractivity contribution is 7.15. The van der Waals surface area contributed by atoms with Crippen LogP contribution in [0.1, 0.15) is 16.1 Å². The molecule has 0 bridgehead atoms. The number of aryl methyl sites for hydroxylation is 1. The minimum Gasteiger partial charge on any atom is -0.486 e. The number of carboxylic acids is 1. The molecule has 0 spiro atoms. The fraction of sp³-hybridized carbons (Fsp3) is 0.160. The fourth-order valence-corrected chi connectivity index (χ4v) is 4.29. The van der Waals surface area contributed by atoms with Crippen molar-refractivity contribution in [3.05, 3.63) is 83.1 Å². The van der Waals surface area contributed by atoms with E-state index in [-0.39, 0.29) is 6.61 Å². The number of thiazole rings is 1. The number of hydrogen-bond donors (Lipinski definition) is 1. The smallest absolute Gasteiger partial charge is 0.416 e. The largest absolute Gasteiger partial charge is 0.486 e. The summed E-state index contributed by atoms with van der Waals surface area (Å²) in [5.41, 5.74) is 1.94. The number of alkyl halides is 3. The highest BCUT2D eigenvalue weighted by Gasteiger charge is 2.30. The minimum atomic E-state index is -4.41. The number of hydrogen-bond acceptors (Lipinski definition) is 6. The van der Waals surface area contributed by atoms with Crippen LogP contribution in [-0.4, -0.2) is 27.7 Å². The lowest BCUT2D eigenvalue weighted by Crippen LogP contribution is -2.10. The molecule has 0 atom stereocenters. The van der Waals surface area contributed by atoms with E-state index in [9.17, 15) is 18.0 Å². The number of pyridine rings is 1. The standard InChI is InChI=1S/C25H19F3N2O4S/c1-15-11-19(8-9-20(15)34-14-22(31)32)33-13-21-30-23(17-3-2-10-29-12-17)24(35-21)16-4-6-18(7-5-16)25(26,27)28/h2-12H,13-14H2,1H3,(H,31,32). The molecule has 0 unspecified atom stereocenters. The Morgan fingerprint density at radius 2 is 1.83 bits per heavy atom. The summed E-state index contributed by atoms with van der Waals surface area (Å²) in [5.74, 6) is -0.0846. The molecule has 1 N–H and O–H groups in total. The number of aromatic nitrogens is 2. The van der Waals surface area contributed by atoms with Gasteiger partial charge in [0.05, 0.1) is 16.1 Å². The molecule has 0 saturated carbocycles. The molecule has 0 amide bonds. The summed E-state index contributed by atoms with van der Waals surface area (Å²) < 4.78 is 50.1. The predicted octanol–water partition coefficient (Wildman–Crippen LogP) is 6.24. The Kier molecular flexibility index (Phi) is 7.02. The summed E-state index contributed by atoms with van der Waals surface area (Å²) in [7, 11) is 0. The third-order valence-corrected chi connectivity index (χ3v) is 6.02. The number of rotatable bonds is 8. The fourth-order valence-electron chi connectivity index (χ4n) is 3.29. The second kappa shape index (κ2) is 10.1. The number of aliphatic carboxylic acids is 1. The van der Waals surface area contributed by atoms with E-state index in [1.807, 2.05) is 6.07 Å². The van der Waals surface area contributed by atoms with E-state index in [4.69, 9.17) is 14.6 Å². The van der Waals surface area contributed by atoms with Crippen molar-refractivity contribution in [3.8, 4) is 33.2 Å². The van der Waals surface area contributed by atoms with Gasteiger partial charge < -0.3 is 14.6 Å². The molecular formula is C25H19F3N2O4S. The van der Waals surface area contributed by atoms with E-state index < -0.39 is 24.3 Å². The normalized spacial score (nSPS) is 11.3. The maximum Gasteiger partial charge on any atom is 0.416 e. The van der Waals surface area contributed by atoms with E-state index >= 15 is 0 Å². The first-order valence-corrected chi connectivity index (χ1v) is 11.2. The number of halogens is 3. The van der Waals surface area contributed by atoms with Gasteiger partial charge in [0.15, 0.2) is 6.61 Å². The Morgan fingerprint density at radius 3 is 2.46 bits per heavy atom. The van der Waals surface area contributed by atoms with E-state index in [2.05, 4.69) is 9.97 Å². The molecule has 2 aromatic carbocycles. The van der Waals surface area contributed by atoms with Crippen molar-refractivity contribution in [2.75, 3.05) is 6.61 Å². The van der Waals surface area contributed by atoms with Gasteiger partial charge in [0, 0.05) is 18.0 Å². The minimum absolute atomic E-state index is 0.132. The van der Waals surface area contributed by atoms with Gasteiger partial charge >= 0.3 is 12.1 Å². The third-order valence-electron chi connectivity index (χ3n) is 4.94. The molecule has 4 rings (SSSR count). The molecule has 4 aromatic rings. The van der Waals surface area contributed by atoms with Crippen molar-refractivity contribution in [2.45, 2.75) is 19.7 Å². The van der Waals surface area contributed by atoms with Gasteiger partial charge in [-0.1, -0.05) is 12.1 Å². The summed E-state index contributed by atoms with van der Waals surface area (Å²) >= 11 is 1.32. The first-order valence-electron chi connectivity index (χ1n) is 10.4. The van der Waals surface area contributed by atoms with Crippen LogP contribution >= 0.6 is 11.3 Å². The van der Waals surface area contributed by atoms with Crippen molar-refractivity contribution >= 4 is 17.3 Å². The Balaban J connectivity index is 1.58. The molecule has 0 saturated heterocycles. The van der Waals surface area contributed by atoms with Gasteiger partial charge in [0.2, 0.25) is 0 Å². The number of benzene rings is 2. The third kappa shape index (κ3) is 5.96. The molecule has 180 valence electrons. The van der Waals surface area contributed by atoms with Gasteiger partial charge in [0.25, 0.3) is 0 Å². The summed E-state index contributed by atoms with van der Waals surface area (Å²) in [6, 6.07) is 13.6. The van der Waals surface area contributed by atoms with Crippen LogP contribution in [0.25, 0.3) is 21.7 Å². The molecule has 0 fully saturated rings. The highest BCUT2D eigenvalue weighted by atomic mass is 32.1. The zero-order chi connectivity index (χ0) is 25.0. The molecule has 0 aliphatic carbocycles. The van der Waals surface area contributed by atoms with E-state index in [1.165, 1.54) is 23.5 Å². The SMILES string of the molecule is Cc1cc(OCc2nc(-c3cccnc3)c(-c3ccc(C(F)(F)F)cc3)s2)ccc1OCC(=O)O. The summed E-state index contributed by atoms with van der Waals surface area (Å²) in [6.07, 6.45) is -1.14. The molecule has 6 nitrogen and oxygen atoms in total. The molecule has 2 heterocycles. The topological polar surface area (TPSA) is 81.5 Å². The number of carboxylic acid groups (broad SMARTS) is 1. The van der Waals surface area contributed by atoms with Crippen LogP contribution in [0.4, 0.5) is 13.2 Å². The van der Waals surface area contributed by atoms with Crippen molar-refractivity contribution in [1.29, 1.82) is 0 Å².